The minimum atomic E-state index is 0.616. The molecule has 90 valence electrons. The minimum Gasteiger partial charge on any atom is -0.379 e. The van der Waals surface area contributed by atoms with Gasteiger partial charge in [-0.15, -0.1) is 0 Å². The molecule has 0 amide bonds. The van der Waals surface area contributed by atoms with Gasteiger partial charge in [0, 0.05) is 0 Å². The number of allylic oxidation sites excluding steroid dienone is 2. The van der Waals surface area contributed by atoms with Gasteiger partial charge in [0.1, 0.15) is 0 Å². The van der Waals surface area contributed by atoms with Crippen LogP contribution in [0.25, 0.3) is 0 Å². The second-order valence-electron chi connectivity index (χ2n) is 3.45. The molecule has 0 N–H and O–H groups in total. The predicted molar refractivity (Wildman–Crippen MR) is 69.5 cm³/mol. The van der Waals surface area contributed by atoms with E-state index < -0.39 is 0 Å². The van der Waals surface area contributed by atoms with Crippen LogP contribution in [0.3, 0.4) is 0 Å². The number of ether oxygens (including phenoxy) is 2. The smallest absolute Gasteiger partial charge is 0.0700 e. The second kappa shape index (κ2) is 10.4. The molecule has 0 saturated carbocycles. The van der Waals surface area contributed by atoms with Crippen LogP contribution in [0.1, 0.15) is 12.8 Å². The Kier molecular flexibility index (Phi) is 9.67. The summed E-state index contributed by atoms with van der Waals surface area (Å²) in [5.74, 6) is 0. The molecule has 0 rings (SSSR count). The fourth-order valence-electron chi connectivity index (χ4n) is 0.933. The van der Waals surface area contributed by atoms with Crippen LogP contribution in [0.5, 0.6) is 0 Å². The van der Waals surface area contributed by atoms with E-state index in [0.29, 0.717) is 26.4 Å². The van der Waals surface area contributed by atoms with Gasteiger partial charge in [-0.2, -0.15) is 0 Å². The Bertz CT molecular complexity index is 215. The molecular formula is C14H22O2. The highest BCUT2D eigenvalue weighted by atomic mass is 16.5. The van der Waals surface area contributed by atoms with Gasteiger partial charge in [0.15, 0.2) is 0 Å². The molecule has 0 bridgehead atoms. The first-order valence-corrected chi connectivity index (χ1v) is 5.46. The maximum atomic E-state index is 5.36. The van der Waals surface area contributed by atoms with E-state index in [4.69, 9.17) is 9.47 Å². The Morgan fingerprint density at radius 2 is 1.12 bits per heavy atom. The summed E-state index contributed by atoms with van der Waals surface area (Å²) in [5.41, 5.74) is 2.01. The average Bonchev–Trinajstić information content (AvgIpc) is 2.31. The van der Waals surface area contributed by atoms with E-state index in [0.717, 1.165) is 24.0 Å². The molecule has 2 heteroatoms. The summed E-state index contributed by atoms with van der Waals surface area (Å²) in [5, 5.41) is 0. The SMILES string of the molecule is C=CC(=C)CCOCCOCCC(=C)C=C. The molecule has 0 unspecified atom stereocenters. The van der Waals surface area contributed by atoms with E-state index in [1.54, 1.807) is 12.2 Å². The van der Waals surface area contributed by atoms with Gasteiger partial charge in [0.25, 0.3) is 0 Å². The molecule has 16 heavy (non-hydrogen) atoms. The normalized spacial score (nSPS) is 9.75. The molecule has 0 saturated heterocycles. The van der Waals surface area contributed by atoms with E-state index >= 15 is 0 Å². The van der Waals surface area contributed by atoms with Gasteiger partial charge in [-0.25, -0.2) is 0 Å². The monoisotopic (exact) mass is 222 g/mol. The zero-order valence-electron chi connectivity index (χ0n) is 10.0. The Morgan fingerprint density at radius 1 is 0.750 bits per heavy atom. The highest BCUT2D eigenvalue weighted by molar-refractivity contribution is 5.10. The summed E-state index contributed by atoms with van der Waals surface area (Å²) in [6, 6.07) is 0. The van der Waals surface area contributed by atoms with Crippen molar-refractivity contribution in [1.29, 1.82) is 0 Å². The quantitative estimate of drug-likeness (QED) is 0.394. The standard InChI is InChI=1S/C14H22O2/c1-5-13(3)7-9-15-11-12-16-10-8-14(4)6-2/h5-6H,1-4,7-12H2. The summed E-state index contributed by atoms with van der Waals surface area (Å²) < 4.78 is 10.7. The van der Waals surface area contributed by atoms with Crippen LogP contribution in [0.4, 0.5) is 0 Å². The molecule has 0 heterocycles. The van der Waals surface area contributed by atoms with Crippen LogP contribution in [-0.2, 0) is 9.47 Å². The summed E-state index contributed by atoms with van der Waals surface area (Å²) >= 11 is 0. The van der Waals surface area contributed by atoms with Crippen molar-refractivity contribution in [2.75, 3.05) is 26.4 Å². The van der Waals surface area contributed by atoms with Gasteiger partial charge in [0.2, 0.25) is 0 Å². The first-order valence-electron chi connectivity index (χ1n) is 5.46. The summed E-state index contributed by atoms with van der Waals surface area (Å²) in [7, 11) is 0. The highest BCUT2D eigenvalue weighted by Crippen LogP contribution is 1.99. The molecule has 0 aromatic carbocycles. The van der Waals surface area contributed by atoms with Gasteiger partial charge in [-0.05, 0) is 12.8 Å². The van der Waals surface area contributed by atoms with Crippen molar-refractivity contribution in [3.05, 3.63) is 49.6 Å². The van der Waals surface area contributed by atoms with Crippen molar-refractivity contribution in [1.82, 2.24) is 0 Å². The van der Waals surface area contributed by atoms with E-state index in [1.807, 2.05) is 0 Å². The maximum absolute atomic E-state index is 5.36. The first kappa shape index (κ1) is 14.9. The van der Waals surface area contributed by atoms with Crippen LogP contribution < -0.4 is 0 Å². The first-order chi connectivity index (χ1) is 7.70. The highest BCUT2D eigenvalue weighted by Gasteiger charge is 1.92. The average molecular weight is 222 g/mol. The zero-order valence-corrected chi connectivity index (χ0v) is 10.0. The summed E-state index contributed by atoms with van der Waals surface area (Å²) in [6.07, 6.45) is 5.16. The topological polar surface area (TPSA) is 18.5 Å². The summed E-state index contributed by atoms with van der Waals surface area (Å²) in [4.78, 5) is 0. The van der Waals surface area contributed by atoms with Crippen LogP contribution in [0.15, 0.2) is 49.6 Å². The van der Waals surface area contributed by atoms with E-state index in [2.05, 4.69) is 26.3 Å². The molecule has 0 aliphatic carbocycles. The van der Waals surface area contributed by atoms with E-state index in [9.17, 15) is 0 Å². The predicted octanol–water partition coefficient (Wildman–Crippen LogP) is 3.28. The number of rotatable bonds is 11. The number of hydrogen-bond donors (Lipinski definition) is 0. The zero-order chi connectivity index (χ0) is 12.2. The lowest BCUT2D eigenvalue weighted by Crippen LogP contribution is -2.06. The molecule has 0 fully saturated rings. The van der Waals surface area contributed by atoms with Crippen molar-refractivity contribution in [3.63, 3.8) is 0 Å². The third-order valence-corrected chi connectivity index (χ3v) is 2.08. The molecule has 0 atom stereocenters. The van der Waals surface area contributed by atoms with Gasteiger partial charge >= 0.3 is 0 Å². The fraction of sp³-hybridized carbons (Fsp3) is 0.429. The molecule has 0 aliphatic heterocycles. The largest absolute Gasteiger partial charge is 0.379 e. The Labute approximate surface area is 99.0 Å². The lowest BCUT2D eigenvalue weighted by molar-refractivity contribution is 0.0505. The van der Waals surface area contributed by atoms with Crippen LogP contribution in [0, 0.1) is 0 Å². The minimum absolute atomic E-state index is 0.616. The van der Waals surface area contributed by atoms with Crippen molar-refractivity contribution in [3.8, 4) is 0 Å². The summed E-state index contributed by atoms with van der Waals surface area (Å²) in [6.45, 7) is 17.4. The van der Waals surface area contributed by atoms with Crippen molar-refractivity contribution < 1.29 is 9.47 Å². The lowest BCUT2D eigenvalue weighted by atomic mass is 10.2. The molecule has 0 radical (unpaired) electrons. The van der Waals surface area contributed by atoms with Crippen molar-refractivity contribution >= 4 is 0 Å². The second-order valence-corrected chi connectivity index (χ2v) is 3.45. The molecule has 0 aromatic heterocycles. The maximum Gasteiger partial charge on any atom is 0.0700 e. The van der Waals surface area contributed by atoms with Gasteiger partial charge < -0.3 is 9.47 Å². The Morgan fingerprint density at radius 3 is 1.44 bits per heavy atom. The van der Waals surface area contributed by atoms with Crippen LogP contribution >= 0.6 is 0 Å². The molecule has 2 nitrogen and oxygen atoms in total. The van der Waals surface area contributed by atoms with E-state index in [1.165, 1.54) is 0 Å². The Balaban J connectivity index is 3.15. The lowest BCUT2D eigenvalue weighted by Gasteiger charge is -2.05. The molecular weight excluding hydrogens is 200 g/mol. The van der Waals surface area contributed by atoms with E-state index in [-0.39, 0.29) is 0 Å². The molecule has 0 spiro atoms. The fourth-order valence-corrected chi connectivity index (χ4v) is 0.933. The Hall–Kier alpha value is -1.12. The van der Waals surface area contributed by atoms with Gasteiger partial charge in [-0.3, -0.25) is 0 Å². The van der Waals surface area contributed by atoms with Crippen molar-refractivity contribution in [2.24, 2.45) is 0 Å². The van der Waals surface area contributed by atoms with Crippen LogP contribution in [0.2, 0.25) is 0 Å². The van der Waals surface area contributed by atoms with Gasteiger partial charge in [-0.1, -0.05) is 49.6 Å². The molecule has 0 aliphatic rings. The van der Waals surface area contributed by atoms with Crippen LogP contribution in [-0.4, -0.2) is 26.4 Å². The third kappa shape index (κ3) is 9.44. The number of hydrogen-bond acceptors (Lipinski definition) is 2. The molecule has 0 aromatic rings. The van der Waals surface area contributed by atoms with Gasteiger partial charge in [0.05, 0.1) is 26.4 Å². The third-order valence-electron chi connectivity index (χ3n) is 2.08. The van der Waals surface area contributed by atoms with Crippen molar-refractivity contribution in [2.45, 2.75) is 12.8 Å².